The standard InChI is InChI=1S/C12H23FO/c1-9(2)12(13)7-5-10(6-8-12)11(3,4)14/h9-10,14H,5-8H2,1-4H3. The van der Waals surface area contributed by atoms with Crippen LogP contribution < -0.4 is 0 Å². The van der Waals surface area contributed by atoms with E-state index in [0.717, 1.165) is 12.8 Å². The van der Waals surface area contributed by atoms with Gasteiger partial charge in [-0.25, -0.2) is 4.39 Å². The van der Waals surface area contributed by atoms with Crippen LogP contribution in [0.15, 0.2) is 0 Å². The number of hydrogen-bond acceptors (Lipinski definition) is 1. The lowest BCUT2D eigenvalue weighted by molar-refractivity contribution is -0.0410. The summed E-state index contributed by atoms with van der Waals surface area (Å²) >= 11 is 0. The van der Waals surface area contributed by atoms with Crippen LogP contribution in [0.4, 0.5) is 4.39 Å². The van der Waals surface area contributed by atoms with Gasteiger partial charge in [-0.3, -0.25) is 0 Å². The first kappa shape index (κ1) is 12.0. The Hall–Kier alpha value is -0.110. The molecule has 0 amide bonds. The van der Waals surface area contributed by atoms with Crippen LogP contribution in [0.25, 0.3) is 0 Å². The third-order valence-corrected chi connectivity index (χ3v) is 3.85. The Kier molecular flexibility index (Phi) is 3.25. The highest BCUT2D eigenvalue weighted by molar-refractivity contribution is 4.92. The molecule has 1 saturated carbocycles. The zero-order valence-corrected chi connectivity index (χ0v) is 9.81. The molecule has 0 atom stereocenters. The average Bonchev–Trinajstić information content (AvgIpc) is 2.03. The molecule has 0 radical (unpaired) electrons. The van der Waals surface area contributed by atoms with Gasteiger partial charge in [-0.15, -0.1) is 0 Å². The molecule has 0 bridgehead atoms. The Bertz CT molecular complexity index is 185. The molecule has 0 aliphatic heterocycles. The van der Waals surface area contributed by atoms with E-state index in [9.17, 15) is 9.50 Å². The van der Waals surface area contributed by atoms with Gasteiger partial charge in [0.2, 0.25) is 0 Å². The Balaban J connectivity index is 2.54. The summed E-state index contributed by atoms with van der Waals surface area (Å²) in [5, 5.41) is 9.83. The number of halogens is 1. The fraction of sp³-hybridized carbons (Fsp3) is 1.00. The van der Waals surface area contributed by atoms with Gasteiger partial charge in [0.05, 0.1) is 5.60 Å². The minimum absolute atomic E-state index is 0.102. The Morgan fingerprint density at radius 1 is 1.29 bits per heavy atom. The number of rotatable bonds is 2. The molecule has 1 aliphatic rings. The second-order valence-electron chi connectivity index (χ2n) is 5.62. The van der Waals surface area contributed by atoms with E-state index < -0.39 is 11.3 Å². The number of alkyl halides is 1. The quantitative estimate of drug-likeness (QED) is 0.728. The fourth-order valence-electron chi connectivity index (χ4n) is 2.38. The molecule has 0 saturated heterocycles. The van der Waals surface area contributed by atoms with Gasteiger partial charge in [-0.05, 0) is 51.4 Å². The number of hydrogen-bond donors (Lipinski definition) is 1. The molecule has 0 aromatic heterocycles. The van der Waals surface area contributed by atoms with E-state index in [2.05, 4.69) is 0 Å². The summed E-state index contributed by atoms with van der Waals surface area (Å²) < 4.78 is 14.2. The van der Waals surface area contributed by atoms with Crippen molar-refractivity contribution < 1.29 is 9.50 Å². The molecular weight excluding hydrogens is 179 g/mol. The molecule has 1 aliphatic carbocycles. The van der Waals surface area contributed by atoms with Gasteiger partial charge in [0.25, 0.3) is 0 Å². The number of aliphatic hydroxyl groups is 1. The molecular formula is C12H23FO. The second-order valence-corrected chi connectivity index (χ2v) is 5.62. The van der Waals surface area contributed by atoms with Crippen molar-refractivity contribution in [1.29, 1.82) is 0 Å². The Morgan fingerprint density at radius 3 is 2.00 bits per heavy atom. The zero-order valence-electron chi connectivity index (χ0n) is 9.81. The molecule has 1 rings (SSSR count). The van der Waals surface area contributed by atoms with Crippen LogP contribution in [0.2, 0.25) is 0 Å². The summed E-state index contributed by atoms with van der Waals surface area (Å²) in [4.78, 5) is 0. The average molecular weight is 202 g/mol. The topological polar surface area (TPSA) is 20.2 Å². The van der Waals surface area contributed by atoms with Crippen molar-refractivity contribution in [2.24, 2.45) is 11.8 Å². The molecule has 0 aromatic carbocycles. The van der Waals surface area contributed by atoms with E-state index in [0.29, 0.717) is 12.8 Å². The van der Waals surface area contributed by atoms with Crippen LogP contribution in [0.3, 0.4) is 0 Å². The van der Waals surface area contributed by atoms with E-state index in [1.165, 1.54) is 0 Å². The first-order chi connectivity index (χ1) is 6.26. The maximum atomic E-state index is 14.2. The minimum atomic E-state index is -0.984. The molecule has 0 aromatic rings. The van der Waals surface area contributed by atoms with Crippen molar-refractivity contribution in [2.75, 3.05) is 0 Å². The third-order valence-electron chi connectivity index (χ3n) is 3.85. The Morgan fingerprint density at radius 2 is 1.71 bits per heavy atom. The predicted octanol–water partition coefficient (Wildman–Crippen LogP) is 3.31. The van der Waals surface area contributed by atoms with Crippen LogP contribution in [0.1, 0.15) is 53.4 Å². The first-order valence-electron chi connectivity index (χ1n) is 5.67. The van der Waals surface area contributed by atoms with Gasteiger partial charge in [-0.2, -0.15) is 0 Å². The summed E-state index contributed by atoms with van der Waals surface area (Å²) in [6.07, 6.45) is 2.86. The first-order valence-corrected chi connectivity index (χ1v) is 5.67. The van der Waals surface area contributed by atoms with Crippen LogP contribution in [-0.4, -0.2) is 16.4 Å². The molecule has 84 valence electrons. The molecule has 0 heterocycles. The molecule has 0 spiro atoms. The van der Waals surface area contributed by atoms with Crippen molar-refractivity contribution >= 4 is 0 Å². The molecule has 1 fully saturated rings. The molecule has 2 heteroatoms. The summed E-state index contributed by atoms with van der Waals surface area (Å²) in [7, 11) is 0. The molecule has 1 nitrogen and oxygen atoms in total. The van der Waals surface area contributed by atoms with Crippen LogP contribution in [0, 0.1) is 11.8 Å². The highest BCUT2D eigenvalue weighted by Crippen LogP contribution is 2.43. The normalized spacial score (nSPS) is 34.9. The Labute approximate surface area is 86.7 Å². The fourth-order valence-corrected chi connectivity index (χ4v) is 2.38. The summed E-state index contributed by atoms with van der Waals surface area (Å²) in [6, 6.07) is 0. The third kappa shape index (κ3) is 2.47. The van der Waals surface area contributed by atoms with E-state index in [4.69, 9.17) is 0 Å². The minimum Gasteiger partial charge on any atom is -0.390 e. The van der Waals surface area contributed by atoms with Gasteiger partial charge in [0, 0.05) is 0 Å². The van der Waals surface area contributed by atoms with Crippen LogP contribution in [-0.2, 0) is 0 Å². The maximum Gasteiger partial charge on any atom is 0.113 e. The van der Waals surface area contributed by atoms with E-state index in [-0.39, 0.29) is 11.8 Å². The van der Waals surface area contributed by atoms with Crippen LogP contribution >= 0.6 is 0 Å². The summed E-state index contributed by atoms with van der Waals surface area (Å²) in [6.45, 7) is 7.56. The maximum absolute atomic E-state index is 14.2. The molecule has 14 heavy (non-hydrogen) atoms. The van der Waals surface area contributed by atoms with Gasteiger partial charge < -0.3 is 5.11 Å². The monoisotopic (exact) mass is 202 g/mol. The van der Waals surface area contributed by atoms with E-state index in [1.807, 2.05) is 27.7 Å². The smallest absolute Gasteiger partial charge is 0.113 e. The zero-order chi connectivity index (χ0) is 11.0. The van der Waals surface area contributed by atoms with Crippen molar-refractivity contribution in [3.8, 4) is 0 Å². The van der Waals surface area contributed by atoms with E-state index in [1.54, 1.807) is 0 Å². The van der Waals surface area contributed by atoms with Gasteiger partial charge in [0.1, 0.15) is 5.67 Å². The van der Waals surface area contributed by atoms with Gasteiger partial charge in [0.15, 0.2) is 0 Å². The molecule has 1 N–H and O–H groups in total. The summed E-state index contributed by atoms with van der Waals surface area (Å²) in [5.74, 6) is 0.371. The highest BCUT2D eigenvalue weighted by atomic mass is 19.1. The van der Waals surface area contributed by atoms with Crippen molar-refractivity contribution in [1.82, 2.24) is 0 Å². The van der Waals surface area contributed by atoms with Crippen molar-refractivity contribution in [3.63, 3.8) is 0 Å². The van der Waals surface area contributed by atoms with Gasteiger partial charge in [-0.1, -0.05) is 13.8 Å². The van der Waals surface area contributed by atoms with Crippen molar-refractivity contribution in [2.45, 2.75) is 64.6 Å². The SMILES string of the molecule is CC(C)C1(F)CCC(C(C)(C)O)CC1. The lowest BCUT2D eigenvalue weighted by Gasteiger charge is -2.40. The highest BCUT2D eigenvalue weighted by Gasteiger charge is 2.41. The lowest BCUT2D eigenvalue weighted by atomic mass is 9.70. The lowest BCUT2D eigenvalue weighted by Crippen LogP contribution is -2.41. The van der Waals surface area contributed by atoms with Crippen molar-refractivity contribution in [3.05, 3.63) is 0 Å². The van der Waals surface area contributed by atoms with E-state index >= 15 is 0 Å². The second kappa shape index (κ2) is 3.80. The molecule has 0 unspecified atom stereocenters. The largest absolute Gasteiger partial charge is 0.390 e. The van der Waals surface area contributed by atoms with Gasteiger partial charge >= 0.3 is 0 Å². The summed E-state index contributed by atoms with van der Waals surface area (Å²) in [5.41, 5.74) is -1.62. The van der Waals surface area contributed by atoms with Crippen LogP contribution in [0.5, 0.6) is 0 Å². The predicted molar refractivity (Wildman–Crippen MR) is 56.9 cm³/mol.